The molecule has 0 unspecified atom stereocenters. The summed E-state index contributed by atoms with van der Waals surface area (Å²) in [6.45, 7) is 26.6. The number of para-hydroxylation sites is 2. The van der Waals surface area contributed by atoms with Gasteiger partial charge >= 0.3 is 6.85 Å². The van der Waals surface area contributed by atoms with Gasteiger partial charge in [0.15, 0.2) is 0 Å². The van der Waals surface area contributed by atoms with Gasteiger partial charge < -0.3 is 14.1 Å². The van der Waals surface area contributed by atoms with Crippen LogP contribution in [-0.2, 0) is 27.1 Å². The summed E-state index contributed by atoms with van der Waals surface area (Å²) in [4.78, 5) is 5.43. The van der Waals surface area contributed by atoms with Crippen molar-refractivity contribution >= 4 is 99.7 Å². The van der Waals surface area contributed by atoms with E-state index in [1.807, 2.05) is 11.3 Å². The standard InChI is InChI=1S/C62H59BN2OS/c1-34-29-41-43(60(6,7)27-25-58(41,2)3)31-47(34)64-46-24-23-35-38-30-42-44(61(8,9)28-26-59(42,4)5)32-49(38)66-57(35)55(46)63-54-48(64)33-51-52(36-17-12-15-22-50(36)67-51)53(54)37-18-16-20-40-56(37)65(63)45-21-14-13-19-39(45)62(40,10)11/h12-24,29-33H,25-28H2,1-11H3. The van der Waals surface area contributed by atoms with E-state index in [0.717, 1.165) is 17.6 Å². The Bertz CT molecular complexity index is 3720. The molecular weight excluding hydrogens is 832 g/mol. The van der Waals surface area contributed by atoms with Crippen LogP contribution in [0.4, 0.5) is 28.4 Å². The Labute approximate surface area is 399 Å². The van der Waals surface area contributed by atoms with Crippen LogP contribution in [0.5, 0.6) is 0 Å². The van der Waals surface area contributed by atoms with Crippen LogP contribution in [0.1, 0.15) is 134 Å². The predicted octanol–water partition coefficient (Wildman–Crippen LogP) is 16.3. The smallest absolute Gasteiger partial charge is 0.337 e. The number of fused-ring (bicyclic) bond motifs is 16. The van der Waals surface area contributed by atoms with Gasteiger partial charge in [0.25, 0.3) is 0 Å². The number of thiophene rings is 1. The summed E-state index contributed by atoms with van der Waals surface area (Å²) in [5.74, 6) is 0. The molecule has 5 heterocycles. The lowest BCUT2D eigenvalue weighted by molar-refractivity contribution is 0.332. The molecule has 2 aliphatic carbocycles. The Balaban J connectivity index is 1.18. The number of nitrogens with zero attached hydrogens (tertiary/aromatic N) is 2. The molecule has 7 aromatic carbocycles. The molecule has 332 valence electrons. The summed E-state index contributed by atoms with van der Waals surface area (Å²) in [6.07, 6.45) is 4.69. The average molecular weight is 891 g/mol. The topological polar surface area (TPSA) is 19.6 Å². The third kappa shape index (κ3) is 5.04. The number of furan rings is 1. The summed E-state index contributed by atoms with van der Waals surface area (Å²) in [7, 11) is 0. The minimum absolute atomic E-state index is 0.0479. The summed E-state index contributed by atoms with van der Waals surface area (Å²) in [5.41, 5.74) is 23.7. The molecule has 3 nitrogen and oxygen atoms in total. The second-order valence-electron chi connectivity index (χ2n) is 24.2. The van der Waals surface area contributed by atoms with E-state index in [0.29, 0.717) is 0 Å². The van der Waals surface area contributed by atoms with Crippen molar-refractivity contribution in [3.05, 3.63) is 148 Å². The van der Waals surface area contributed by atoms with Crippen molar-refractivity contribution in [1.29, 1.82) is 0 Å². The van der Waals surface area contributed by atoms with Gasteiger partial charge in [0.2, 0.25) is 0 Å². The zero-order valence-corrected chi connectivity index (χ0v) is 41.8. The molecule has 0 bridgehead atoms. The molecular formula is C62H59BN2OS. The molecule has 0 amide bonds. The highest BCUT2D eigenvalue weighted by atomic mass is 32.1. The molecule has 67 heavy (non-hydrogen) atoms. The lowest BCUT2D eigenvalue weighted by Crippen LogP contribution is -2.63. The minimum atomic E-state index is -0.211. The number of anilines is 5. The molecule has 0 saturated heterocycles. The van der Waals surface area contributed by atoms with E-state index in [1.54, 1.807) is 0 Å². The maximum atomic E-state index is 7.60. The van der Waals surface area contributed by atoms with Crippen LogP contribution in [-0.4, -0.2) is 6.85 Å². The maximum absolute atomic E-state index is 7.60. The molecule has 5 heteroatoms. The van der Waals surface area contributed by atoms with Crippen LogP contribution in [0.25, 0.3) is 53.2 Å². The molecule has 9 aromatic rings. The Morgan fingerprint density at radius 3 is 1.90 bits per heavy atom. The zero-order chi connectivity index (χ0) is 46.1. The number of benzene rings is 7. The molecule has 3 aliphatic heterocycles. The largest absolute Gasteiger partial charge is 0.456 e. The lowest BCUT2D eigenvalue weighted by Gasteiger charge is -2.51. The van der Waals surface area contributed by atoms with E-state index in [-0.39, 0.29) is 33.9 Å². The SMILES string of the molecule is Cc1cc2c(cc1N1c3cc4sc5ccccc5c4c4c3B(c3c1ccc1c3oc3cc5c(cc31)C(C)(C)CCC5(C)C)N1c3ccccc3C(C)(C)c3cccc-4c31)C(C)(C)CCC2(C)C. The van der Waals surface area contributed by atoms with Crippen molar-refractivity contribution in [2.75, 3.05) is 9.71 Å². The van der Waals surface area contributed by atoms with Crippen molar-refractivity contribution in [2.45, 2.75) is 129 Å². The third-order valence-electron chi connectivity index (χ3n) is 18.1. The highest BCUT2D eigenvalue weighted by Gasteiger charge is 2.52. The molecule has 5 aliphatic rings. The average Bonchev–Trinajstić information content (AvgIpc) is 3.86. The normalized spacial score (nSPS) is 19.5. The van der Waals surface area contributed by atoms with Gasteiger partial charge in [0, 0.05) is 75.8 Å². The first kappa shape index (κ1) is 40.3. The second kappa shape index (κ2) is 12.7. The molecule has 2 aromatic heterocycles. The second-order valence-corrected chi connectivity index (χ2v) is 25.3. The summed E-state index contributed by atoms with van der Waals surface area (Å²) in [6, 6.07) is 43.1. The number of hydrogen-bond donors (Lipinski definition) is 0. The van der Waals surface area contributed by atoms with Gasteiger partial charge in [-0.1, -0.05) is 130 Å². The summed E-state index contributed by atoms with van der Waals surface area (Å²) >= 11 is 1.94. The first-order valence-corrected chi connectivity index (χ1v) is 25.7. The molecule has 0 atom stereocenters. The highest BCUT2D eigenvalue weighted by Crippen LogP contribution is 2.59. The van der Waals surface area contributed by atoms with Crippen molar-refractivity contribution in [1.82, 2.24) is 0 Å². The van der Waals surface area contributed by atoms with Crippen LogP contribution in [0.2, 0.25) is 0 Å². The Kier molecular flexibility index (Phi) is 7.61. The van der Waals surface area contributed by atoms with Crippen molar-refractivity contribution in [2.24, 2.45) is 0 Å². The van der Waals surface area contributed by atoms with E-state index < -0.39 is 0 Å². The van der Waals surface area contributed by atoms with E-state index in [9.17, 15) is 0 Å². The quantitative estimate of drug-likeness (QED) is 0.153. The highest BCUT2D eigenvalue weighted by molar-refractivity contribution is 7.26. The van der Waals surface area contributed by atoms with Crippen molar-refractivity contribution < 1.29 is 4.42 Å². The van der Waals surface area contributed by atoms with E-state index in [1.165, 1.54) is 140 Å². The van der Waals surface area contributed by atoms with Gasteiger partial charge in [-0.25, -0.2) is 0 Å². The van der Waals surface area contributed by atoms with Crippen LogP contribution in [0, 0.1) is 6.92 Å². The minimum Gasteiger partial charge on any atom is -0.456 e. The van der Waals surface area contributed by atoms with Crippen LogP contribution >= 0.6 is 11.3 Å². The number of rotatable bonds is 1. The fraction of sp³-hybridized carbons (Fsp3) is 0.323. The van der Waals surface area contributed by atoms with Crippen LogP contribution in [0.15, 0.2) is 114 Å². The van der Waals surface area contributed by atoms with Gasteiger partial charge in [-0.3, -0.25) is 0 Å². The fourth-order valence-corrected chi connectivity index (χ4v) is 15.1. The summed E-state index contributed by atoms with van der Waals surface area (Å²) < 4.78 is 10.3. The van der Waals surface area contributed by atoms with Gasteiger partial charge in [-0.15, -0.1) is 11.3 Å². The zero-order valence-electron chi connectivity index (χ0n) is 41.0. The first-order valence-electron chi connectivity index (χ1n) is 24.9. The molecule has 14 rings (SSSR count). The van der Waals surface area contributed by atoms with Gasteiger partial charge in [0.1, 0.15) is 11.2 Å². The fourth-order valence-electron chi connectivity index (χ4n) is 14.0. The predicted molar refractivity (Wildman–Crippen MR) is 288 cm³/mol. The Morgan fingerprint density at radius 1 is 0.507 bits per heavy atom. The lowest BCUT2D eigenvalue weighted by atomic mass is 9.42. The van der Waals surface area contributed by atoms with Gasteiger partial charge in [-0.05, 0) is 153 Å². The molecule has 0 saturated carbocycles. The monoisotopic (exact) mass is 890 g/mol. The Morgan fingerprint density at radius 2 is 1.15 bits per heavy atom. The number of aryl methyl sites for hydroxylation is 1. The molecule has 0 spiro atoms. The van der Waals surface area contributed by atoms with E-state index >= 15 is 0 Å². The third-order valence-corrected chi connectivity index (χ3v) is 19.2. The molecule has 0 radical (unpaired) electrons. The van der Waals surface area contributed by atoms with Crippen molar-refractivity contribution in [3.8, 4) is 11.1 Å². The van der Waals surface area contributed by atoms with Crippen LogP contribution in [0.3, 0.4) is 0 Å². The maximum Gasteiger partial charge on any atom is 0.337 e. The first-order chi connectivity index (χ1) is 31.9. The van der Waals surface area contributed by atoms with Crippen molar-refractivity contribution in [3.63, 3.8) is 0 Å². The number of hydrogen-bond acceptors (Lipinski definition) is 4. The molecule has 0 fully saturated rings. The van der Waals surface area contributed by atoms with Gasteiger partial charge in [0.05, 0.1) is 0 Å². The van der Waals surface area contributed by atoms with Crippen LogP contribution < -0.4 is 20.6 Å². The Hall–Kier alpha value is -5.78. The van der Waals surface area contributed by atoms with E-state index in [4.69, 9.17) is 4.42 Å². The van der Waals surface area contributed by atoms with E-state index in [2.05, 4.69) is 195 Å². The molecule has 0 N–H and O–H groups in total. The van der Waals surface area contributed by atoms with Gasteiger partial charge in [-0.2, -0.15) is 0 Å². The summed E-state index contributed by atoms with van der Waals surface area (Å²) in [5, 5.41) is 5.14.